The van der Waals surface area contributed by atoms with Crippen molar-refractivity contribution in [2.75, 3.05) is 19.7 Å². The number of carbonyl (C=O) groups is 1. The monoisotopic (exact) mass is 482 g/mol. The fraction of sp³-hybridized carbons (Fsp3) is 0.269. The van der Waals surface area contributed by atoms with E-state index in [1.807, 2.05) is 60.7 Å². The summed E-state index contributed by atoms with van der Waals surface area (Å²) in [5.41, 5.74) is 3.33. The molecule has 2 heterocycles. The third kappa shape index (κ3) is 4.41. The highest BCUT2D eigenvalue weighted by atomic mass is 35.5. The largest absolute Gasteiger partial charge is 0.493 e. The number of hydrogen-bond donors (Lipinski definition) is 0. The van der Waals surface area contributed by atoms with Gasteiger partial charge in [0.2, 0.25) is 5.06 Å². The summed E-state index contributed by atoms with van der Waals surface area (Å²) in [6.45, 7) is 2.32. The molecule has 0 spiro atoms. The summed E-state index contributed by atoms with van der Waals surface area (Å²) in [4.78, 5) is 21.6. The molecule has 0 radical (unpaired) electrons. The number of urea groups is 1. The lowest BCUT2D eigenvalue weighted by Crippen LogP contribution is -2.51. The van der Waals surface area contributed by atoms with Crippen LogP contribution in [0.15, 0.2) is 72.8 Å². The second-order valence-electron chi connectivity index (χ2n) is 8.23. The predicted octanol–water partition coefficient (Wildman–Crippen LogP) is 5.97. The normalized spacial score (nSPS) is 16.4. The van der Waals surface area contributed by atoms with Gasteiger partial charge in [-0.25, -0.2) is 9.63 Å². The molecule has 2 amide bonds. The average molecular weight is 483 g/mol. The molecule has 33 heavy (non-hydrogen) atoms. The predicted molar refractivity (Wildman–Crippen MR) is 128 cm³/mol. The average Bonchev–Trinajstić information content (AvgIpc) is 3.26. The van der Waals surface area contributed by atoms with Crippen molar-refractivity contribution in [2.45, 2.75) is 24.4 Å². The van der Waals surface area contributed by atoms with Gasteiger partial charge in [0, 0.05) is 35.7 Å². The fourth-order valence-electron chi connectivity index (χ4n) is 4.09. The first-order valence-corrected chi connectivity index (χ1v) is 11.8. The first kappa shape index (κ1) is 22.1. The van der Waals surface area contributed by atoms with Crippen molar-refractivity contribution in [3.8, 4) is 5.75 Å². The maximum Gasteiger partial charge on any atom is 0.344 e. The molecular weight excluding hydrogens is 459 g/mol. The second kappa shape index (κ2) is 9.26. The number of carbonyl (C=O) groups excluding carboxylic acids is 1. The second-order valence-corrected chi connectivity index (χ2v) is 9.17. The van der Waals surface area contributed by atoms with Crippen molar-refractivity contribution in [3.05, 3.63) is 100 Å². The number of benzene rings is 3. The van der Waals surface area contributed by atoms with Gasteiger partial charge in [-0.3, -0.25) is 0 Å². The maximum atomic E-state index is 13.4. The molecule has 2 aliphatic rings. The quantitative estimate of drug-likeness (QED) is 0.320. The number of halogens is 2. The van der Waals surface area contributed by atoms with Gasteiger partial charge in [0.25, 0.3) is 0 Å². The summed E-state index contributed by atoms with van der Waals surface area (Å²) in [5, 5.41) is 0.336. The van der Waals surface area contributed by atoms with Gasteiger partial charge >= 0.3 is 6.03 Å². The molecule has 5 nitrogen and oxygen atoms in total. The molecule has 1 fully saturated rings. The van der Waals surface area contributed by atoms with Gasteiger partial charge in [0.05, 0.1) is 13.2 Å². The molecule has 170 valence electrons. The SMILES string of the molecule is O=C(N1CCC1)N(Cc1ccc2c(c1)CCO2)OC(Cl)(c1ccccc1)c1ccccc1Cl. The van der Waals surface area contributed by atoms with E-state index in [1.165, 1.54) is 5.06 Å². The molecular formula is C26H24Cl2N2O3. The van der Waals surface area contributed by atoms with Crippen molar-refractivity contribution >= 4 is 29.2 Å². The minimum absolute atomic E-state index is 0.217. The minimum atomic E-state index is -1.49. The van der Waals surface area contributed by atoms with Crippen LogP contribution >= 0.6 is 23.2 Å². The molecule has 0 saturated carbocycles. The van der Waals surface area contributed by atoms with Crippen LogP contribution in [0, 0.1) is 0 Å². The highest BCUT2D eigenvalue weighted by Gasteiger charge is 2.40. The molecule has 0 bridgehead atoms. The number of hydrogen-bond acceptors (Lipinski definition) is 3. The van der Waals surface area contributed by atoms with Gasteiger partial charge < -0.3 is 9.64 Å². The Kier molecular flexibility index (Phi) is 6.19. The molecule has 3 aromatic rings. The summed E-state index contributed by atoms with van der Waals surface area (Å²) in [6, 6.07) is 22.4. The molecule has 5 rings (SSSR count). The van der Waals surface area contributed by atoms with E-state index in [-0.39, 0.29) is 12.6 Å². The van der Waals surface area contributed by atoms with Crippen molar-refractivity contribution < 1.29 is 14.4 Å². The van der Waals surface area contributed by atoms with Crippen LogP contribution in [0.3, 0.4) is 0 Å². The molecule has 0 N–H and O–H groups in total. The number of rotatable bonds is 6. The zero-order valence-corrected chi connectivity index (χ0v) is 19.6. The van der Waals surface area contributed by atoms with Gasteiger partial charge in [-0.1, -0.05) is 83.9 Å². The number of amides is 2. The number of ether oxygens (including phenoxy) is 1. The number of alkyl halides is 1. The lowest BCUT2D eigenvalue weighted by atomic mass is 10.0. The molecule has 1 saturated heterocycles. The third-order valence-corrected chi connectivity index (χ3v) is 6.84. The van der Waals surface area contributed by atoms with Crippen molar-refractivity contribution in [2.24, 2.45) is 0 Å². The number of nitrogens with zero attached hydrogens (tertiary/aromatic N) is 2. The standard InChI is InChI=1S/C26H24Cl2N2O3/c27-23-10-5-4-9-22(23)26(28,21-7-2-1-3-8-21)33-30(25(31)29-14-6-15-29)18-19-11-12-24-20(17-19)13-16-32-24/h1-5,7-12,17H,6,13-16,18H2. The Labute approximate surface area is 203 Å². The first-order chi connectivity index (χ1) is 16.0. The van der Waals surface area contributed by atoms with E-state index in [2.05, 4.69) is 6.07 Å². The Hall–Kier alpha value is -2.73. The molecule has 2 aliphatic heterocycles. The third-order valence-electron chi connectivity index (χ3n) is 6.02. The Morgan fingerprint density at radius 1 is 1.06 bits per heavy atom. The summed E-state index contributed by atoms with van der Waals surface area (Å²) in [5.74, 6) is 0.896. The van der Waals surface area contributed by atoms with E-state index >= 15 is 0 Å². The fourth-order valence-corrected chi connectivity index (χ4v) is 4.78. The lowest BCUT2D eigenvalue weighted by Gasteiger charge is -2.39. The van der Waals surface area contributed by atoms with Crippen molar-refractivity contribution in [1.29, 1.82) is 0 Å². The highest BCUT2D eigenvalue weighted by molar-refractivity contribution is 6.33. The van der Waals surface area contributed by atoms with Crippen molar-refractivity contribution in [3.63, 3.8) is 0 Å². The van der Waals surface area contributed by atoms with Crippen LogP contribution in [0.1, 0.15) is 28.7 Å². The molecule has 1 atom stereocenters. The highest BCUT2D eigenvalue weighted by Crippen LogP contribution is 2.42. The smallest absolute Gasteiger partial charge is 0.344 e. The number of likely N-dealkylation sites (tertiary alicyclic amines) is 1. The Morgan fingerprint density at radius 3 is 2.55 bits per heavy atom. The molecule has 1 unspecified atom stereocenters. The molecule has 0 aromatic heterocycles. The van der Waals surface area contributed by atoms with Gasteiger partial charge in [-0.15, -0.1) is 0 Å². The molecule has 3 aromatic carbocycles. The van der Waals surface area contributed by atoms with Crippen LogP contribution in [-0.2, 0) is 22.9 Å². The lowest BCUT2D eigenvalue weighted by molar-refractivity contribution is -0.182. The molecule has 7 heteroatoms. The minimum Gasteiger partial charge on any atom is -0.493 e. The zero-order chi connectivity index (χ0) is 22.8. The van der Waals surface area contributed by atoms with Crippen LogP contribution in [-0.4, -0.2) is 35.7 Å². The van der Waals surface area contributed by atoms with Gasteiger partial charge in [-0.05, 0) is 29.7 Å². The van der Waals surface area contributed by atoms with Crippen molar-refractivity contribution in [1.82, 2.24) is 9.96 Å². The summed E-state index contributed by atoms with van der Waals surface area (Å²) < 4.78 is 5.62. The van der Waals surface area contributed by atoms with E-state index in [4.69, 9.17) is 32.8 Å². The van der Waals surface area contributed by atoms with Crippen LogP contribution in [0.25, 0.3) is 0 Å². The van der Waals surface area contributed by atoms with E-state index in [9.17, 15) is 4.79 Å². The Bertz CT molecular complexity index is 1150. The number of hydroxylamine groups is 2. The van der Waals surface area contributed by atoms with Gasteiger partial charge in [0.15, 0.2) is 0 Å². The van der Waals surface area contributed by atoms with Crippen LogP contribution in [0.4, 0.5) is 4.79 Å². The topological polar surface area (TPSA) is 42.0 Å². The van der Waals surface area contributed by atoms with E-state index < -0.39 is 5.06 Å². The zero-order valence-electron chi connectivity index (χ0n) is 18.0. The molecule has 0 aliphatic carbocycles. The summed E-state index contributed by atoms with van der Waals surface area (Å²) in [6.07, 6.45) is 1.83. The number of fused-ring (bicyclic) bond motifs is 1. The van der Waals surface area contributed by atoms with Crippen LogP contribution in [0.5, 0.6) is 5.75 Å². The van der Waals surface area contributed by atoms with Crippen LogP contribution in [0.2, 0.25) is 5.02 Å². The van der Waals surface area contributed by atoms with Gasteiger partial charge in [0.1, 0.15) is 5.75 Å². The summed E-state index contributed by atoms with van der Waals surface area (Å²) in [7, 11) is 0. The Balaban J connectivity index is 1.52. The summed E-state index contributed by atoms with van der Waals surface area (Å²) >= 11 is 13.8. The van der Waals surface area contributed by atoms with E-state index in [1.54, 1.807) is 11.0 Å². The van der Waals surface area contributed by atoms with Gasteiger partial charge in [-0.2, -0.15) is 5.06 Å². The first-order valence-electron chi connectivity index (χ1n) is 11.0. The van der Waals surface area contributed by atoms with E-state index in [0.717, 1.165) is 29.7 Å². The Morgan fingerprint density at radius 2 is 1.82 bits per heavy atom. The van der Waals surface area contributed by atoms with Crippen LogP contribution < -0.4 is 4.74 Å². The maximum absolute atomic E-state index is 13.4. The van der Waals surface area contributed by atoms with E-state index in [0.29, 0.717) is 35.8 Å².